The highest BCUT2D eigenvalue weighted by Gasteiger charge is 2.22. The molecule has 0 radical (unpaired) electrons. The van der Waals surface area contributed by atoms with E-state index in [0.717, 1.165) is 23.9 Å². The average molecular weight is 376 g/mol. The fourth-order valence-electron chi connectivity index (χ4n) is 2.64. The maximum atomic E-state index is 13.6. The number of thiazole rings is 1. The lowest BCUT2D eigenvalue weighted by molar-refractivity contribution is 0.0465. The van der Waals surface area contributed by atoms with Crippen LogP contribution in [0, 0.1) is 25.5 Å². The molecule has 0 saturated carbocycles. The molecule has 0 fully saturated rings. The van der Waals surface area contributed by atoms with E-state index < -0.39 is 35.6 Å². The van der Waals surface area contributed by atoms with Crippen LogP contribution in [0.4, 0.5) is 8.78 Å². The Hall–Kier alpha value is -2.87. The van der Waals surface area contributed by atoms with Crippen molar-refractivity contribution in [2.24, 2.45) is 0 Å². The lowest BCUT2D eigenvalue weighted by atomic mass is 10.1. The number of aromatic nitrogens is 2. The minimum absolute atomic E-state index is 0.361. The van der Waals surface area contributed by atoms with Gasteiger partial charge >= 0.3 is 5.97 Å². The van der Waals surface area contributed by atoms with Gasteiger partial charge in [0.05, 0.1) is 0 Å². The molecule has 0 bridgehead atoms. The minimum Gasteiger partial charge on any atom is -0.454 e. The highest BCUT2D eigenvalue weighted by molar-refractivity contribution is 7.12. The number of benzene rings is 1. The number of hydrogen-bond donors (Lipinski definition) is 0. The van der Waals surface area contributed by atoms with Crippen molar-refractivity contribution < 1.29 is 23.1 Å². The molecule has 2 aromatic heterocycles. The van der Waals surface area contributed by atoms with Gasteiger partial charge in [0.25, 0.3) is 0 Å². The largest absolute Gasteiger partial charge is 0.454 e. The predicted molar refractivity (Wildman–Crippen MR) is 91.9 cm³/mol. The third-order valence-corrected chi connectivity index (χ3v) is 4.60. The molecule has 134 valence electrons. The van der Waals surface area contributed by atoms with Gasteiger partial charge in [-0.1, -0.05) is 6.07 Å². The van der Waals surface area contributed by atoms with E-state index in [-0.39, 0.29) is 0 Å². The van der Waals surface area contributed by atoms with Crippen molar-refractivity contribution in [3.05, 3.63) is 70.0 Å². The first-order valence-corrected chi connectivity index (χ1v) is 8.51. The van der Waals surface area contributed by atoms with Crippen molar-refractivity contribution in [3.8, 4) is 5.13 Å². The summed E-state index contributed by atoms with van der Waals surface area (Å²) in [4.78, 5) is 28.5. The van der Waals surface area contributed by atoms with Crippen LogP contribution >= 0.6 is 11.3 Å². The van der Waals surface area contributed by atoms with Gasteiger partial charge in [0, 0.05) is 28.5 Å². The molecule has 0 aliphatic carbocycles. The van der Waals surface area contributed by atoms with E-state index in [2.05, 4.69) is 4.98 Å². The summed E-state index contributed by atoms with van der Waals surface area (Å²) in [5.74, 6) is -3.76. The molecule has 3 aromatic rings. The van der Waals surface area contributed by atoms with E-state index in [9.17, 15) is 18.4 Å². The molecule has 0 spiro atoms. The average Bonchev–Trinajstić information content (AvgIpc) is 3.20. The van der Waals surface area contributed by atoms with E-state index in [1.165, 1.54) is 11.3 Å². The molecule has 5 nitrogen and oxygen atoms in total. The van der Waals surface area contributed by atoms with Crippen molar-refractivity contribution in [2.75, 3.05) is 6.61 Å². The number of ether oxygens (including phenoxy) is 1. The van der Waals surface area contributed by atoms with Gasteiger partial charge in [-0.05, 0) is 32.0 Å². The predicted octanol–water partition coefficient (Wildman–Crippen LogP) is 3.87. The van der Waals surface area contributed by atoms with Crippen LogP contribution < -0.4 is 0 Å². The van der Waals surface area contributed by atoms with E-state index in [0.29, 0.717) is 16.4 Å². The molecule has 0 saturated heterocycles. The van der Waals surface area contributed by atoms with Gasteiger partial charge in [0.15, 0.2) is 11.7 Å². The first-order valence-electron chi connectivity index (χ1n) is 7.63. The van der Waals surface area contributed by atoms with Gasteiger partial charge in [0.2, 0.25) is 5.78 Å². The molecule has 0 atom stereocenters. The summed E-state index contributed by atoms with van der Waals surface area (Å²) >= 11 is 1.42. The lowest BCUT2D eigenvalue weighted by Crippen LogP contribution is -2.17. The molecular formula is C18H14F2N2O3S. The molecule has 3 rings (SSSR count). The van der Waals surface area contributed by atoms with E-state index in [4.69, 9.17) is 4.74 Å². The summed E-state index contributed by atoms with van der Waals surface area (Å²) in [7, 11) is 0. The maximum Gasteiger partial charge on any atom is 0.344 e. The highest BCUT2D eigenvalue weighted by atomic mass is 32.1. The van der Waals surface area contributed by atoms with Crippen molar-refractivity contribution in [3.63, 3.8) is 0 Å². The van der Waals surface area contributed by atoms with E-state index in [1.807, 2.05) is 16.9 Å². The normalized spacial score (nSPS) is 10.8. The summed E-state index contributed by atoms with van der Waals surface area (Å²) in [5, 5.41) is 2.53. The zero-order chi connectivity index (χ0) is 18.8. The Balaban J connectivity index is 1.77. The zero-order valence-corrected chi connectivity index (χ0v) is 14.8. The molecule has 0 amide bonds. The third-order valence-electron chi connectivity index (χ3n) is 3.84. The number of Topliss-reactive ketones (excluding diaryl/α,β-unsaturated/α-hetero) is 1. The maximum absolute atomic E-state index is 13.6. The Kier molecular flexibility index (Phi) is 4.94. The molecule has 26 heavy (non-hydrogen) atoms. The van der Waals surface area contributed by atoms with Crippen LogP contribution in [0.15, 0.2) is 35.8 Å². The number of aryl methyl sites for hydroxylation is 1. The molecular weight excluding hydrogens is 362 g/mol. The topological polar surface area (TPSA) is 61.2 Å². The van der Waals surface area contributed by atoms with Crippen LogP contribution in [-0.4, -0.2) is 27.9 Å². The minimum atomic E-state index is -1.22. The van der Waals surface area contributed by atoms with Crippen LogP contribution in [-0.2, 0) is 4.74 Å². The van der Waals surface area contributed by atoms with E-state index in [1.54, 1.807) is 19.2 Å². The van der Waals surface area contributed by atoms with Crippen molar-refractivity contribution in [2.45, 2.75) is 13.8 Å². The molecule has 0 unspecified atom stereocenters. The van der Waals surface area contributed by atoms with Crippen molar-refractivity contribution >= 4 is 23.1 Å². The van der Waals surface area contributed by atoms with Gasteiger partial charge in [-0.15, -0.1) is 11.3 Å². The number of hydrogen-bond acceptors (Lipinski definition) is 5. The van der Waals surface area contributed by atoms with Gasteiger partial charge in [-0.2, -0.15) is 0 Å². The van der Waals surface area contributed by atoms with Gasteiger partial charge in [-0.3, -0.25) is 9.36 Å². The van der Waals surface area contributed by atoms with Crippen molar-refractivity contribution in [1.82, 2.24) is 9.55 Å². The lowest BCUT2D eigenvalue weighted by Gasteiger charge is -2.07. The van der Waals surface area contributed by atoms with Crippen LogP contribution in [0.1, 0.15) is 32.1 Å². The third kappa shape index (κ3) is 3.28. The summed E-state index contributed by atoms with van der Waals surface area (Å²) < 4.78 is 33.8. The fourth-order valence-corrected chi connectivity index (χ4v) is 3.39. The quantitative estimate of drug-likeness (QED) is 0.501. The second-order valence-electron chi connectivity index (χ2n) is 5.53. The number of esters is 1. The SMILES string of the molecule is Cc1cc(C(=O)COC(=O)c2c(F)cccc2F)c(C)n1-c1nccs1. The number of ketones is 1. The Bertz CT molecular complexity index is 960. The Morgan fingerprint density at radius 1 is 1.23 bits per heavy atom. The first-order chi connectivity index (χ1) is 12.4. The zero-order valence-electron chi connectivity index (χ0n) is 14.0. The molecule has 0 N–H and O–H groups in total. The molecule has 0 aliphatic heterocycles. The number of carbonyl (C=O) groups is 2. The Morgan fingerprint density at radius 3 is 2.54 bits per heavy atom. The summed E-state index contributed by atoms with van der Waals surface area (Å²) in [6.07, 6.45) is 1.66. The summed E-state index contributed by atoms with van der Waals surface area (Å²) in [5.41, 5.74) is 0.996. The number of carbonyl (C=O) groups excluding carboxylic acids is 2. The summed E-state index contributed by atoms with van der Waals surface area (Å²) in [6.45, 7) is 2.96. The van der Waals surface area contributed by atoms with Crippen LogP contribution in [0.3, 0.4) is 0 Å². The van der Waals surface area contributed by atoms with E-state index >= 15 is 0 Å². The highest BCUT2D eigenvalue weighted by Crippen LogP contribution is 2.23. The summed E-state index contributed by atoms with van der Waals surface area (Å²) in [6, 6.07) is 4.70. The fraction of sp³-hybridized carbons (Fsp3) is 0.167. The first kappa shape index (κ1) is 17.9. The molecule has 1 aromatic carbocycles. The molecule has 0 aliphatic rings. The van der Waals surface area contributed by atoms with Gasteiger partial charge in [0.1, 0.15) is 17.2 Å². The van der Waals surface area contributed by atoms with Crippen molar-refractivity contribution in [1.29, 1.82) is 0 Å². The van der Waals surface area contributed by atoms with Crippen LogP contribution in [0.5, 0.6) is 0 Å². The van der Waals surface area contributed by atoms with Crippen LogP contribution in [0.2, 0.25) is 0 Å². The second-order valence-corrected chi connectivity index (χ2v) is 6.40. The standard InChI is InChI=1S/C18H14F2N2O3S/c1-10-8-12(11(2)22(10)18-21-6-7-26-18)15(23)9-25-17(24)16-13(19)4-3-5-14(16)20/h3-8H,9H2,1-2H3. The Morgan fingerprint density at radius 2 is 1.92 bits per heavy atom. The van der Waals surface area contributed by atoms with Gasteiger partial charge in [-0.25, -0.2) is 18.6 Å². The number of rotatable bonds is 5. The number of nitrogens with zero attached hydrogens (tertiary/aromatic N) is 2. The number of halogens is 2. The molecule has 2 heterocycles. The van der Waals surface area contributed by atoms with Crippen LogP contribution in [0.25, 0.3) is 5.13 Å². The molecule has 8 heteroatoms. The second kappa shape index (κ2) is 7.17. The monoisotopic (exact) mass is 376 g/mol. The smallest absolute Gasteiger partial charge is 0.344 e. The Labute approximate surface area is 151 Å². The van der Waals surface area contributed by atoms with Gasteiger partial charge < -0.3 is 4.74 Å².